The van der Waals surface area contributed by atoms with E-state index < -0.39 is 0 Å². The summed E-state index contributed by atoms with van der Waals surface area (Å²) in [4.78, 5) is 38.2. The second-order valence-electron chi connectivity index (χ2n) is 12.3. The highest BCUT2D eigenvalue weighted by molar-refractivity contribution is 5.96. The van der Waals surface area contributed by atoms with Gasteiger partial charge in [0.25, 0.3) is 5.91 Å². The number of amides is 2. The number of piperidine rings is 1. The van der Waals surface area contributed by atoms with Crippen LogP contribution in [0.1, 0.15) is 68.1 Å². The third-order valence-electron chi connectivity index (χ3n) is 9.64. The molecule has 6 rings (SSSR count). The van der Waals surface area contributed by atoms with Crippen LogP contribution in [-0.2, 0) is 4.79 Å². The zero-order valence-electron chi connectivity index (χ0n) is 24.8. The highest BCUT2D eigenvalue weighted by Crippen LogP contribution is 2.29. The number of piperazine rings is 1. The smallest absolute Gasteiger partial charge is 0.254 e. The van der Waals surface area contributed by atoms with Crippen molar-refractivity contribution in [1.29, 1.82) is 0 Å². The van der Waals surface area contributed by atoms with Gasteiger partial charge < -0.3 is 9.80 Å². The zero-order chi connectivity index (χ0) is 28.7. The molecule has 0 atom stereocenters. The van der Waals surface area contributed by atoms with Crippen LogP contribution in [0.5, 0.6) is 0 Å². The van der Waals surface area contributed by atoms with Crippen molar-refractivity contribution in [2.24, 2.45) is 5.92 Å². The number of pyridine rings is 1. The highest BCUT2D eigenvalue weighted by Gasteiger charge is 2.31. The fraction of sp³-hybridized carbons (Fsp3) is 0.472. The van der Waals surface area contributed by atoms with Crippen LogP contribution < -0.4 is 0 Å². The predicted molar refractivity (Wildman–Crippen MR) is 168 cm³/mol. The molecule has 2 aromatic carbocycles. The fourth-order valence-electron chi connectivity index (χ4n) is 7.08. The first kappa shape index (κ1) is 28.6. The van der Waals surface area contributed by atoms with Crippen molar-refractivity contribution in [3.63, 3.8) is 0 Å². The van der Waals surface area contributed by atoms with Crippen molar-refractivity contribution in [3.8, 4) is 22.5 Å². The minimum absolute atomic E-state index is 0.0739. The maximum atomic E-state index is 13.8. The van der Waals surface area contributed by atoms with E-state index >= 15 is 0 Å². The van der Waals surface area contributed by atoms with E-state index in [0.29, 0.717) is 17.5 Å². The van der Waals surface area contributed by atoms with Gasteiger partial charge in [0, 0.05) is 68.4 Å². The molecule has 1 aromatic heterocycles. The molecule has 0 radical (unpaired) electrons. The number of hydrogen-bond acceptors (Lipinski definition) is 4. The van der Waals surface area contributed by atoms with Crippen LogP contribution in [0.3, 0.4) is 0 Å². The Morgan fingerprint density at radius 2 is 1.24 bits per heavy atom. The minimum atomic E-state index is 0.0739. The number of rotatable bonds is 7. The summed E-state index contributed by atoms with van der Waals surface area (Å²) < 4.78 is 0. The van der Waals surface area contributed by atoms with Crippen LogP contribution in [-0.4, -0.2) is 76.8 Å². The molecular formula is C36H44N4O2. The van der Waals surface area contributed by atoms with Crippen LogP contribution in [0.4, 0.5) is 0 Å². The monoisotopic (exact) mass is 564 g/mol. The SMILES string of the molecule is O=C(CCC1CCCCC1)N1CCC(N2CCN(C(=O)c3cc(-c4ccccc4)nc(-c4ccccc4)c3)CC2)CC1. The number of aromatic nitrogens is 1. The van der Waals surface area contributed by atoms with E-state index in [1.165, 1.54) is 32.1 Å². The number of carbonyl (C=O) groups is 2. The Morgan fingerprint density at radius 1 is 0.667 bits per heavy atom. The molecule has 0 unspecified atom stereocenters. The number of benzene rings is 2. The van der Waals surface area contributed by atoms with Crippen LogP contribution >= 0.6 is 0 Å². The Kier molecular flexibility index (Phi) is 9.29. The Hall–Kier alpha value is -3.51. The van der Waals surface area contributed by atoms with Gasteiger partial charge in [0.15, 0.2) is 0 Å². The van der Waals surface area contributed by atoms with Gasteiger partial charge in [-0.3, -0.25) is 14.5 Å². The largest absolute Gasteiger partial charge is 0.343 e. The summed E-state index contributed by atoms with van der Waals surface area (Å²) >= 11 is 0. The van der Waals surface area contributed by atoms with Gasteiger partial charge in [-0.1, -0.05) is 92.8 Å². The number of hydrogen-bond donors (Lipinski definition) is 0. The number of carbonyl (C=O) groups excluding carboxylic acids is 2. The molecule has 0 spiro atoms. The lowest BCUT2D eigenvalue weighted by Gasteiger charge is -2.43. The summed E-state index contributed by atoms with van der Waals surface area (Å²) in [5.74, 6) is 1.20. The van der Waals surface area contributed by atoms with Crippen LogP contribution in [0.25, 0.3) is 22.5 Å². The van der Waals surface area contributed by atoms with Crippen molar-refractivity contribution < 1.29 is 9.59 Å². The van der Waals surface area contributed by atoms with Crippen molar-refractivity contribution in [2.45, 2.75) is 63.8 Å². The average Bonchev–Trinajstić information content (AvgIpc) is 3.08. The third kappa shape index (κ3) is 6.92. The van der Waals surface area contributed by atoms with E-state index in [2.05, 4.69) is 9.80 Å². The molecule has 3 aliphatic rings. The highest BCUT2D eigenvalue weighted by atomic mass is 16.2. The van der Waals surface area contributed by atoms with E-state index in [1.54, 1.807) is 0 Å². The minimum Gasteiger partial charge on any atom is -0.343 e. The molecule has 2 amide bonds. The summed E-state index contributed by atoms with van der Waals surface area (Å²) in [5.41, 5.74) is 4.34. The van der Waals surface area contributed by atoms with Crippen molar-refractivity contribution in [1.82, 2.24) is 19.7 Å². The van der Waals surface area contributed by atoms with E-state index in [4.69, 9.17) is 4.98 Å². The lowest BCUT2D eigenvalue weighted by molar-refractivity contribution is -0.133. The van der Waals surface area contributed by atoms with Crippen molar-refractivity contribution in [3.05, 3.63) is 78.4 Å². The third-order valence-corrected chi connectivity index (χ3v) is 9.64. The molecule has 0 N–H and O–H groups in total. The van der Waals surface area contributed by atoms with E-state index in [1.807, 2.05) is 77.7 Å². The molecule has 42 heavy (non-hydrogen) atoms. The molecule has 220 valence electrons. The van der Waals surface area contributed by atoms with E-state index in [-0.39, 0.29) is 5.91 Å². The number of nitrogens with zero attached hydrogens (tertiary/aromatic N) is 4. The van der Waals surface area contributed by atoms with Crippen LogP contribution in [0.15, 0.2) is 72.8 Å². The lowest BCUT2D eigenvalue weighted by atomic mass is 9.86. The van der Waals surface area contributed by atoms with Gasteiger partial charge in [0.1, 0.15) is 0 Å². The molecule has 1 saturated carbocycles. The topological polar surface area (TPSA) is 56.8 Å². The van der Waals surface area contributed by atoms with Gasteiger partial charge >= 0.3 is 0 Å². The Labute approximate surface area is 250 Å². The van der Waals surface area contributed by atoms with Crippen LogP contribution in [0, 0.1) is 5.92 Å². The Bertz CT molecular complexity index is 1270. The van der Waals surface area contributed by atoms with Gasteiger partial charge in [-0.15, -0.1) is 0 Å². The second kappa shape index (κ2) is 13.6. The Balaban J connectivity index is 1.04. The number of likely N-dealkylation sites (tertiary alicyclic amines) is 1. The first-order chi connectivity index (χ1) is 20.6. The lowest BCUT2D eigenvalue weighted by Crippen LogP contribution is -2.54. The maximum Gasteiger partial charge on any atom is 0.254 e. The summed E-state index contributed by atoms with van der Waals surface area (Å²) in [7, 11) is 0. The maximum absolute atomic E-state index is 13.8. The molecule has 1 aliphatic carbocycles. The average molecular weight is 565 g/mol. The molecule has 0 bridgehead atoms. The molecule has 3 heterocycles. The van der Waals surface area contributed by atoms with Gasteiger partial charge in [-0.05, 0) is 37.3 Å². The van der Waals surface area contributed by atoms with Crippen LogP contribution in [0.2, 0.25) is 0 Å². The van der Waals surface area contributed by atoms with Gasteiger partial charge in [-0.2, -0.15) is 0 Å². The molecule has 3 aromatic rings. The standard InChI is InChI=1S/C36H44N4O2/c41-35(17-16-28-10-4-1-5-11-28)39-20-18-32(19-21-39)38-22-24-40(25-23-38)36(42)31-26-33(29-12-6-2-7-13-29)37-34(27-31)30-14-8-3-9-15-30/h2-3,6-9,12-15,26-28,32H,1,4-5,10-11,16-25H2. The molecule has 2 aliphatic heterocycles. The quantitative estimate of drug-likeness (QED) is 0.328. The fourth-order valence-corrected chi connectivity index (χ4v) is 7.08. The normalized spacial score (nSPS) is 19.1. The first-order valence-electron chi connectivity index (χ1n) is 16.1. The van der Waals surface area contributed by atoms with Gasteiger partial charge in [-0.25, -0.2) is 4.98 Å². The molecule has 6 nitrogen and oxygen atoms in total. The van der Waals surface area contributed by atoms with E-state index in [0.717, 1.165) is 93.4 Å². The van der Waals surface area contributed by atoms with Gasteiger partial charge in [0.2, 0.25) is 5.91 Å². The molecule has 6 heteroatoms. The van der Waals surface area contributed by atoms with Crippen molar-refractivity contribution in [2.75, 3.05) is 39.3 Å². The Morgan fingerprint density at radius 3 is 1.81 bits per heavy atom. The summed E-state index contributed by atoms with van der Waals surface area (Å²) in [6.07, 6.45) is 10.6. The molecule has 2 saturated heterocycles. The van der Waals surface area contributed by atoms with Gasteiger partial charge in [0.05, 0.1) is 11.4 Å². The summed E-state index contributed by atoms with van der Waals surface area (Å²) in [5, 5.41) is 0. The zero-order valence-corrected chi connectivity index (χ0v) is 24.8. The van der Waals surface area contributed by atoms with Crippen molar-refractivity contribution >= 4 is 11.8 Å². The molecule has 3 fully saturated rings. The summed E-state index contributed by atoms with van der Waals surface area (Å²) in [6, 6.07) is 24.6. The second-order valence-corrected chi connectivity index (χ2v) is 12.3. The first-order valence-corrected chi connectivity index (χ1v) is 16.1. The predicted octanol–water partition coefficient (Wildman–Crippen LogP) is 6.52. The summed E-state index contributed by atoms with van der Waals surface area (Å²) in [6.45, 7) is 4.96. The molecular weight excluding hydrogens is 520 g/mol. The van der Waals surface area contributed by atoms with E-state index in [9.17, 15) is 9.59 Å².